The van der Waals surface area contributed by atoms with Gasteiger partial charge < -0.3 is 34.1 Å². The largest absolute Gasteiger partial charge is 2.00 e. The molecule has 11 heteroatoms. The summed E-state index contributed by atoms with van der Waals surface area (Å²) in [6, 6.07) is 0. The third-order valence-corrected chi connectivity index (χ3v) is 4.17. The molecule has 0 saturated heterocycles. The predicted octanol–water partition coefficient (Wildman–Crippen LogP) is -3.36. The zero-order valence-corrected chi connectivity index (χ0v) is 16.4. The van der Waals surface area contributed by atoms with Crippen molar-refractivity contribution in [3.63, 3.8) is 0 Å². The standard InChI is InChI=1S/C12H17N4OS.C2H5NO2.ClH.Cu/c1-8-11(3-4-17)18-7-16(8)6-10-5-14-9(2)15-12(10)13;3-1-2(4)5;;/h5,7,17H,3-4,6H2,1-2H3,(H2,13,14,15);1,3H2,(H,4,5);1H;/q+1;;;+2/p-1. The van der Waals surface area contributed by atoms with E-state index >= 15 is 0 Å². The molecule has 0 bridgehead atoms. The summed E-state index contributed by atoms with van der Waals surface area (Å²) in [5.41, 5.74) is 14.6. The van der Waals surface area contributed by atoms with Gasteiger partial charge in [0.1, 0.15) is 11.6 Å². The summed E-state index contributed by atoms with van der Waals surface area (Å²) < 4.78 is 2.11. The van der Waals surface area contributed by atoms with Gasteiger partial charge >= 0.3 is 23.0 Å². The third-order valence-electron chi connectivity index (χ3n) is 3.03. The smallest absolute Gasteiger partial charge is 1.00 e. The average Bonchev–Trinajstić information content (AvgIpc) is 2.84. The number of halogens is 1. The van der Waals surface area contributed by atoms with E-state index < -0.39 is 5.97 Å². The molecule has 2 aromatic rings. The Balaban J connectivity index is 0. The van der Waals surface area contributed by atoms with Crippen LogP contribution >= 0.6 is 11.3 Å². The maximum absolute atomic E-state index is 9.24. The van der Waals surface area contributed by atoms with Crippen molar-refractivity contribution < 1.29 is 49.1 Å². The van der Waals surface area contributed by atoms with E-state index in [0.717, 1.165) is 11.3 Å². The monoisotopic (exact) mass is 438 g/mol. The van der Waals surface area contributed by atoms with E-state index in [2.05, 4.69) is 20.3 Å². The first-order valence-electron chi connectivity index (χ1n) is 6.96. The third kappa shape index (κ3) is 8.57. The first-order valence-corrected chi connectivity index (χ1v) is 7.84. The van der Waals surface area contributed by atoms with Gasteiger partial charge in [0.05, 0.1) is 17.0 Å². The number of carboxylic acid groups (broad SMARTS) is 1. The van der Waals surface area contributed by atoms with Crippen LogP contribution in [0, 0.1) is 13.8 Å². The number of aliphatic carboxylic acids is 1. The van der Waals surface area contributed by atoms with Crippen LogP contribution in [0.2, 0.25) is 0 Å². The second kappa shape index (κ2) is 13.0. The van der Waals surface area contributed by atoms with Gasteiger partial charge in [-0.25, -0.2) is 9.97 Å². The van der Waals surface area contributed by atoms with Crippen molar-refractivity contribution in [3.8, 4) is 0 Å². The van der Waals surface area contributed by atoms with E-state index in [4.69, 9.17) is 15.9 Å². The molecule has 0 spiro atoms. The molecule has 2 rings (SSSR count). The predicted molar refractivity (Wildman–Crippen MR) is 87.0 cm³/mol. The Morgan fingerprint density at radius 2 is 2.00 bits per heavy atom. The van der Waals surface area contributed by atoms with E-state index in [1.54, 1.807) is 17.5 Å². The zero-order chi connectivity index (χ0) is 17.4. The molecule has 6 N–H and O–H groups in total. The minimum Gasteiger partial charge on any atom is -1.00 e. The number of hydrogen-bond donors (Lipinski definition) is 4. The number of nitrogens with zero attached hydrogens (tertiary/aromatic N) is 3. The molecule has 0 aliphatic heterocycles. The summed E-state index contributed by atoms with van der Waals surface area (Å²) in [5.74, 6) is 0.249. The van der Waals surface area contributed by atoms with Crippen LogP contribution in [0.25, 0.3) is 0 Å². The van der Waals surface area contributed by atoms with Crippen LogP contribution in [-0.2, 0) is 34.8 Å². The van der Waals surface area contributed by atoms with E-state index in [9.17, 15) is 4.79 Å². The number of aryl methyl sites for hydroxylation is 1. The Bertz CT molecular complexity index is 672. The van der Waals surface area contributed by atoms with Crippen molar-refractivity contribution in [1.82, 2.24) is 9.97 Å². The van der Waals surface area contributed by atoms with Gasteiger partial charge in [-0.15, -0.1) is 0 Å². The van der Waals surface area contributed by atoms with Crippen molar-refractivity contribution in [1.29, 1.82) is 0 Å². The zero-order valence-electron chi connectivity index (χ0n) is 13.9. The van der Waals surface area contributed by atoms with Crippen LogP contribution in [0.4, 0.5) is 5.82 Å². The summed E-state index contributed by atoms with van der Waals surface area (Å²) in [4.78, 5) is 18.8. The molecule has 143 valence electrons. The van der Waals surface area contributed by atoms with E-state index in [-0.39, 0.29) is 42.6 Å². The molecule has 2 heterocycles. The SMILES string of the molecule is Cc1ncc(C[n+]2csc(CCO)c2C)c(N)n1.NCC(=O)O.[Cl-].[Cu+2]. The Labute approximate surface area is 167 Å². The Hall–Kier alpha value is -1.29. The van der Waals surface area contributed by atoms with Gasteiger partial charge in [0.15, 0.2) is 12.2 Å². The number of nitrogens with two attached hydrogens (primary N) is 2. The number of rotatable bonds is 5. The molecule has 0 aliphatic carbocycles. The Morgan fingerprint density at radius 1 is 1.40 bits per heavy atom. The number of aliphatic hydroxyl groups is 1. The van der Waals surface area contributed by atoms with Crippen LogP contribution in [0.15, 0.2) is 11.7 Å². The number of nitrogen functional groups attached to an aromatic ring is 1. The van der Waals surface area contributed by atoms with Crippen LogP contribution in [-0.4, -0.2) is 39.3 Å². The summed E-state index contributed by atoms with van der Waals surface area (Å²) in [6.07, 6.45) is 2.47. The molecule has 25 heavy (non-hydrogen) atoms. The Kier molecular flexibility index (Phi) is 13.5. The second-order valence-corrected chi connectivity index (χ2v) is 5.70. The number of carboxylic acids is 1. The van der Waals surface area contributed by atoms with Gasteiger partial charge in [-0.3, -0.25) is 4.79 Å². The number of aliphatic hydroxyl groups excluding tert-OH is 1. The van der Waals surface area contributed by atoms with Gasteiger partial charge in [-0.2, -0.15) is 4.57 Å². The maximum Gasteiger partial charge on any atom is 2.00 e. The number of aromatic nitrogens is 3. The molecular weight excluding hydrogens is 417 g/mol. The number of anilines is 1. The average molecular weight is 439 g/mol. The fraction of sp³-hybridized carbons (Fsp3) is 0.429. The molecule has 0 aromatic carbocycles. The van der Waals surface area contributed by atoms with Crippen molar-refractivity contribution >= 4 is 23.1 Å². The quantitative estimate of drug-likeness (QED) is 0.282. The minimum atomic E-state index is -0.968. The molecule has 2 aromatic heterocycles. The second-order valence-electron chi connectivity index (χ2n) is 4.76. The fourth-order valence-electron chi connectivity index (χ4n) is 1.77. The molecule has 8 nitrogen and oxygen atoms in total. The summed E-state index contributed by atoms with van der Waals surface area (Å²) in [5, 5.41) is 16.6. The van der Waals surface area contributed by atoms with Crippen LogP contribution < -0.4 is 28.4 Å². The molecular formula is C14H22ClCuN5O3S+2. The van der Waals surface area contributed by atoms with Crippen LogP contribution in [0.1, 0.15) is 22.0 Å². The van der Waals surface area contributed by atoms with Gasteiger partial charge in [0.2, 0.25) is 5.51 Å². The fourth-order valence-corrected chi connectivity index (χ4v) is 2.75. The van der Waals surface area contributed by atoms with Crippen LogP contribution in [0.3, 0.4) is 0 Å². The minimum absolute atomic E-state index is 0. The van der Waals surface area contributed by atoms with Crippen molar-refractivity contribution in [3.05, 3.63) is 33.7 Å². The van der Waals surface area contributed by atoms with Crippen molar-refractivity contribution in [2.45, 2.75) is 26.8 Å². The molecule has 0 unspecified atom stereocenters. The Morgan fingerprint density at radius 3 is 2.48 bits per heavy atom. The van der Waals surface area contributed by atoms with E-state index in [0.29, 0.717) is 24.6 Å². The van der Waals surface area contributed by atoms with Crippen LogP contribution in [0.5, 0.6) is 0 Å². The maximum atomic E-state index is 9.24. The molecule has 0 aliphatic rings. The van der Waals surface area contributed by atoms with Gasteiger partial charge in [-0.1, -0.05) is 11.3 Å². The number of thiazole rings is 1. The summed E-state index contributed by atoms with van der Waals surface area (Å²) in [6.45, 7) is 4.44. The van der Waals surface area contributed by atoms with E-state index in [1.165, 1.54) is 4.88 Å². The topological polar surface area (TPSA) is 139 Å². The van der Waals surface area contributed by atoms with E-state index in [1.807, 2.05) is 19.4 Å². The van der Waals surface area contributed by atoms with Gasteiger partial charge in [-0.05, 0) is 6.92 Å². The normalized spacial score (nSPS) is 9.28. The van der Waals surface area contributed by atoms with Crippen molar-refractivity contribution in [2.24, 2.45) is 5.73 Å². The molecule has 1 radical (unpaired) electrons. The summed E-state index contributed by atoms with van der Waals surface area (Å²) >= 11 is 1.65. The molecule has 0 amide bonds. The first-order chi connectivity index (χ1) is 10.9. The van der Waals surface area contributed by atoms with Crippen molar-refractivity contribution in [2.75, 3.05) is 18.9 Å². The first kappa shape index (κ1) is 25.9. The van der Waals surface area contributed by atoms with Gasteiger partial charge in [0.25, 0.3) is 0 Å². The molecule has 0 saturated carbocycles. The van der Waals surface area contributed by atoms with Gasteiger partial charge in [0, 0.05) is 26.1 Å². The summed E-state index contributed by atoms with van der Waals surface area (Å²) in [7, 11) is 0. The number of carbonyl (C=O) groups is 1. The number of hydrogen-bond acceptors (Lipinski definition) is 7. The molecule has 0 atom stereocenters. The molecule has 0 fully saturated rings.